The summed E-state index contributed by atoms with van der Waals surface area (Å²) < 4.78 is 0.748. The van der Waals surface area contributed by atoms with Crippen molar-refractivity contribution >= 4 is 29.0 Å². The van der Waals surface area contributed by atoms with E-state index in [1.807, 2.05) is 0 Å². The molecule has 0 bridgehead atoms. The Hall–Kier alpha value is -0.380. The van der Waals surface area contributed by atoms with Crippen LogP contribution in [0.3, 0.4) is 0 Å². The Morgan fingerprint density at radius 1 is 1.60 bits per heavy atom. The van der Waals surface area contributed by atoms with Crippen LogP contribution in [0.2, 0.25) is 4.34 Å². The highest BCUT2D eigenvalue weighted by molar-refractivity contribution is 7.16. The van der Waals surface area contributed by atoms with E-state index in [2.05, 4.69) is 30.2 Å². The Labute approximate surface area is 100 Å². The van der Waals surface area contributed by atoms with E-state index < -0.39 is 0 Å². The van der Waals surface area contributed by atoms with Gasteiger partial charge in [-0.2, -0.15) is 0 Å². The van der Waals surface area contributed by atoms with Crippen LogP contribution in [-0.4, -0.2) is 18.1 Å². The largest absolute Gasteiger partial charge is 0.313 e. The first-order valence-electron chi connectivity index (χ1n) is 5.27. The number of nitrogens with zero attached hydrogens (tertiary/aromatic N) is 1. The summed E-state index contributed by atoms with van der Waals surface area (Å²) in [6, 6.07) is 0. The zero-order valence-electron chi connectivity index (χ0n) is 9.22. The standard InChI is InChI=1S/C11H17ClN2S/c1-3-5-13-7-9(4-2)6-11-14-8-10(12)15-11/h6,8,13H,3-5,7H2,1-2H3/b9-6+. The summed E-state index contributed by atoms with van der Waals surface area (Å²) in [6.07, 6.45) is 6.04. The molecular formula is C11H17ClN2S. The maximum absolute atomic E-state index is 5.82. The molecule has 0 fully saturated rings. The molecule has 15 heavy (non-hydrogen) atoms. The maximum Gasteiger partial charge on any atom is 0.117 e. The Kier molecular flexibility index (Phi) is 5.91. The van der Waals surface area contributed by atoms with Gasteiger partial charge in [0.2, 0.25) is 0 Å². The number of aromatic nitrogens is 1. The van der Waals surface area contributed by atoms with Crippen LogP contribution < -0.4 is 5.32 Å². The van der Waals surface area contributed by atoms with E-state index in [4.69, 9.17) is 11.6 Å². The highest BCUT2D eigenvalue weighted by Gasteiger charge is 1.99. The summed E-state index contributed by atoms with van der Waals surface area (Å²) in [5.41, 5.74) is 1.37. The van der Waals surface area contributed by atoms with Crippen LogP contribution in [0.25, 0.3) is 6.08 Å². The van der Waals surface area contributed by atoms with Crippen molar-refractivity contribution in [3.63, 3.8) is 0 Å². The third-order valence-electron chi connectivity index (χ3n) is 2.06. The van der Waals surface area contributed by atoms with Crippen LogP contribution in [0, 0.1) is 0 Å². The molecule has 0 aliphatic carbocycles. The summed E-state index contributed by atoms with van der Waals surface area (Å²) in [4.78, 5) is 4.21. The highest BCUT2D eigenvalue weighted by Crippen LogP contribution is 2.20. The average Bonchev–Trinajstić information content (AvgIpc) is 2.63. The van der Waals surface area contributed by atoms with Crippen molar-refractivity contribution in [1.29, 1.82) is 0 Å². The first kappa shape index (κ1) is 12.7. The van der Waals surface area contributed by atoms with Gasteiger partial charge >= 0.3 is 0 Å². The number of nitrogens with one attached hydrogen (secondary N) is 1. The number of thiazole rings is 1. The second-order valence-electron chi connectivity index (χ2n) is 3.34. The van der Waals surface area contributed by atoms with Gasteiger partial charge < -0.3 is 5.32 Å². The first-order valence-corrected chi connectivity index (χ1v) is 6.47. The van der Waals surface area contributed by atoms with E-state index in [9.17, 15) is 0 Å². The normalized spacial score (nSPS) is 12.1. The van der Waals surface area contributed by atoms with Gasteiger partial charge in [-0.25, -0.2) is 4.98 Å². The van der Waals surface area contributed by atoms with Gasteiger partial charge in [-0.05, 0) is 25.5 Å². The molecule has 2 nitrogen and oxygen atoms in total. The van der Waals surface area contributed by atoms with Gasteiger partial charge in [0, 0.05) is 6.54 Å². The summed E-state index contributed by atoms with van der Waals surface area (Å²) in [6.45, 7) is 6.34. The van der Waals surface area contributed by atoms with E-state index in [0.29, 0.717) is 0 Å². The molecule has 1 N–H and O–H groups in total. The molecule has 1 rings (SSSR count). The Morgan fingerprint density at radius 2 is 2.40 bits per heavy atom. The number of hydrogen-bond donors (Lipinski definition) is 1. The number of hydrogen-bond acceptors (Lipinski definition) is 3. The molecule has 0 aromatic carbocycles. The lowest BCUT2D eigenvalue weighted by molar-refractivity contribution is 0.706. The molecule has 0 spiro atoms. The fourth-order valence-electron chi connectivity index (χ4n) is 1.21. The molecule has 0 saturated heterocycles. The second-order valence-corrected chi connectivity index (χ2v) is 5.03. The second kappa shape index (κ2) is 6.99. The number of halogens is 1. The van der Waals surface area contributed by atoms with Crippen molar-refractivity contribution in [2.75, 3.05) is 13.1 Å². The van der Waals surface area contributed by atoms with Crippen LogP contribution in [0.5, 0.6) is 0 Å². The van der Waals surface area contributed by atoms with E-state index in [1.54, 1.807) is 6.20 Å². The van der Waals surface area contributed by atoms with E-state index >= 15 is 0 Å². The van der Waals surface area contributed by atoms with Crippen LogP contribution in [0.15, 0.2) is 11.8 Å². The fourth-order valence-corrected chi connectivity index (χ4v) is 2.13. The summed E-state index contributed by atoms with van der Waals surface area (Å²) in [5, 5.41) is 4.38. The van der Waals surface area contributed by atoms with Crippen LogP contribution in [0.4, 0.5) is 0 Å². The zero-order valence-corrected chi connectivity index (χ0v) is 10.8. The third-order valence-corrected chi connectivity index (χ3v) is 3.12. The van der Waals surface area contributed by atoms with Crippen molar-refractivity contribution in [3.05, 3.63) is 21.1 Å². The van der Waals surface area contributed by atoms with Crippen molar-refractivity contribution < 1.29 is 0 Å². The summed E-state index contributed by atoms with van der Waals surface area (Å²) >= 11 is 7.35. The molecule has 0 amide bonds. The van der Waals surface area contributed by atoms with E-state index in [1.165, 1.54) is 23.3 Å². The summed E-state index contributed by atoms with van der Waals surface area (Å²) in [5.74, 6) is 0. The minimum Gasteiger partial charge on any atom is -0.313 e. The maximum atomic E-state index is 5.82. The highest BCUT2D eigenvalue weighted by atomic mass is 35.5. The molecular weight excluding hydrogens is 228 g/mol. The fraction of sp³-hybridized carbons (Fsp3) is 0.545. The topological polar surface area (TPSA) is 24.9 Å². The minimum absolute atomic E-state index is 0.748. The van der Waals surface area contributed by atoms with Crippen LogP contribution >= 0.6 is 22.9 Å². The summed E-state index contributed by atoms with van der Waals surface area (Å²) in [7, 11) is 0. The third kappa shape index (κ3) is 4.78. The molecule has 1 aromatic heterocycles. The van der Waals surface area contributed by atoms with E-state index in [-0.39, 0.29) is 0 Å². The van der Waals surface area contributed by atoms with Gasteiger partial charge in [0.1, 0.15) is 9.34 Å². The lowest BCUT2D eigenvalue weighted by atomic mass is 10.2. The Bertz CT molecular complexity index is 320. The lowest BCUT2D eigenvalue weighted by Gasteiger charge is -2.04. The molecule has 1 aromatic rings. The zero-order chi connectivity index (χ0) is 11.1. The van der Waals surface area contributed by atoms with Crippen molar-refractivity contribution in [3.8, 4) is 0 Å². The quantitative estimate of drug-likeness (QED) is 0.774. The minimum atomic E-state index is 0.748. The monoisotopic (exact) mass is 244 g/mol. The Balaban J connectivity index is 2.53. The van der Waals surface area contributed by atoms with Gasteiger partial charge in [0.25, 0.3) is 0 Å². The molecule has 0 unspecified atom stereocenters. The van der Waals surface area contributed by atoms with E-state index in [0.717, 1.165) is 28.9 Å². The van der Waals surface area contributed by atoms with Gasteiger partial charge in [-0.15, -0.1) is 11.3 Å². The lowest BCUT2D eigenvalue weighted by Crippen LogP contribution is -2.17. The predicted molar refractivity (Wildman–Crippen MR) is 68.6 cm³/mol. The average molecular weight is 245 g/mol. The molecule has 0 atom stereocenters. The smallest absolute Gasteiger partial charge is 0.117 e. The van der Waals surface area contributed by atoms with Crippen molar-refractivity contribution in [2.45, 2.75) is 26.7 Å². The Morgan fingerprint density at radius 3 is 2.93 bits per heavy atom. The molecule has 0 radical (unpaired) electrons. The molecule has 84 valence electrons. The predicted octanol–water partition coefficient (Wildman–Crippen LogP) is 3.59. The molecule has 0 aliphatic rings. The molecule has 1 heterocycles. The first-order chi connectivity index (χ1) is 7.26. The van der Waals surface area contributed by atoms with Crippen molar-refractivity contribution in [2.24, 2.45) is 0 Å². The van der Waals surface area contributed by atoms with Gasteiger partial charge in [-0.1, -0.05) is 31.0 Å². The molecule has 0 saturated carbocycles. The SMILES string of the molecule is CCCNC/C(=C/c1ncc(Cl)s1)CC. The molecule has 0 aliphatic heterocycles. The van der Waals surface area contributed by atoms with Crippen molar-refractivity contribution in [1.82, 2.24) is 10.3 Å². The molecule has 4 heteroatoms. The van der Waals surface area contributed by atoms with Gasteiger partial charge in [-0.3, -0.25) is 0 Å². The van der Waals surface area contributed by atoms with Gasteiger partial charge in [0.05, 0.1) is 6.20 Å². The van der Waals surface area contributed by atoms with Crippen LogP contribution in [-0.2, 0) is 0 Å². The van der Waals surface area contributed by atoms with Gasteiger partial charge in [0.15, 0.2) is 0 Å². The number of rotatable bonds is 6. The van der Waals surface area contributed by atoms with Crippen LogP contribution in [0.1, 0.15) is 31.7 Å².